The highest BCUT2D eigenvalue weighted by molar-refractivity contribution is 4.71. The largest absolute Gasteiger partial charge is 0.242 e. The Bertz CT molecular complexity index is 106. The summed E-state index contributed by atoms with van der Waals surface area (Å²) in [5, 5.41) is 2.16. The lowest BCUT2D eigenvalue weighted by Gasteiger charge is -2.16. The van der Waals surface area contributed by atoms with E-state index < -0.39 is 0 Å². The van der Waals surface area contributed by atoms with E-state index in [1.165, 1.54) is 25.7 Å². The molecule has 1 rings (SSSR count). The van der Waals surface area contributed by atoms with Crippen LogP contribution in [0.4, 0.5) is 0 Å². The second kappa shape index (κ2) is 4.70. The fourth-order valence-electron chi connectivity index (χ4n) is 1.44. The summed E-state index contributed by atoms with van der Waals surface area (Å²) in [4.78, 5) is 0. The number of hydrogen-bond acceptors (Lipinski definition) is 3. The van der Waals surface area contributed by atoms with Crippen molar-refractivity contribution < 1.29 is 0 Å². The van der Waals surface area contributed by atoms with E-state index in [9.17, 15) is 0 Å². The summed E-state index contributed by atoms with van der Waals surface area (Å²) in [6.45, 7) is 3.33. The molecule has 11 heavy (non-hydrogen) atoms. The molecule has 1 saturated heterocycles. The van der Waals surface area contributed by atoms with E-state index in [0.717, 1.165) is 6.54 Å². The fourth-order valence-corrected chi connectivity index (χ4v) is 1.44. The van der Waals surface area contributed by atoms with Gasteiger partial charge < -0.3 is 0 Å². The molecule has 1 unspecified atom stereocenters. The Morgan fingerprint density at radius 1 is 1.45 bits per heavy atom. The quantitative estimate of drug-likeness (QED) is 0.593. The van der Waals surface area contributed by atoms with Crippen LogP contribution in [0.3, 0.4) is 0 Å². The summed E-state index contributed by atoms with van der Waals surface area (Å²) in [6, 6.07) is 0.696. The molecule has 1 fully saturated rings. The molecule has 1 atom stereocenters. The topological polar surface area (TPSA) is 27.3 Å². The molecule has 0 aromatic carbocycles. The van der Waals surface area contributed by atoms with Crippen molar-refractivity contribution in [3.8, 4) is 0 Å². The number of hydrazine groups is 2. The molecule has 2 N–H and O–H groups in total. The van der Waals surface area contributed by atoms with Gasteiger partial charge in [0.2, 0.25) is 0 Å². The molecule has 0 saturated carbocycles. The van der Waals surface area contributed by atoms with Crippen molar-refractivity contribution in [1.29, 1.82) is 0 Å². The van der Waals surface area contributed by atoms with Crippen LogP contribution in [0, 0.1) is 0 Å². The molecule has 0 spiro atoms. The monoisotopic (exact) mass is 157 g/mol. The van der Waals surface area contributed by atoms with Gasteiger partial charge in [0, 0.05) is 19.6 Å². The van der Waals surface area contributed by atoms with Gasteiger partial charge in [-0.3, -0.25) is 0 Å². The maximum atomic E-state index is 3.12. The van der Waals surface area contributed by atoms with Gasteiger partial charge in [-0.15, -0.1) is 0 Å². The first-order chi connectivity index (χ1) is 5.34. The van der Waals surface area contributed by atoms with Gasteiger partial charge in [-0.05, 0) is 6.42 Å². The minimum Gasteiger partial charge on any atom is -0.242 e. The average molecular weight is 157 g/mol. The summed E-state index contributed by atoms with van der Waals surface area (Å²) in [6.07, 6.45) is 5.35. The maximum absolute atomic E-state index is 3.12. The van der Waals surface area contributed by atoms with Crippen molar-refractivity contribution >= 4 is 0 Å². The number of nitrogens with zero attached hydrogens (tertiary/aromatic N) is 1. The predicted octanol–water partition coefficient (Wildman–Crippen LogP) is 0.890. The maximum Gasteiger partial charge on any atom is 0.0392 e. The summed E-state index contributed by atoms with van der Waals surface area (Å²) in [5.74, 6) is 0. The molecule has 0 radical (unpaired) electrons. The summed E-state index contributed by atoms with van der Waals surface area (Å²) >= 11 is 0. The van der Waals surface area contributed by atoms with Gasteiger partial charge in [-0.2, -0.15) is 5.53 Å². The van der Waals surface area contributed by atoms with Crippen molar-refractivity contribution in [2.45, 2.75) is 38.6 Å². The summed E-state index contributed by atoms with van der Waals surface area (Å²) in [7, 11) is 2.09. The zero-order chi connectivity index (χ0) is 8.10. The van der Waals surface area contributed by atoms with Crippen LogP contribution in [0.1, 0.15) is 32.6 Å². The lowest BCUT2D eigenvalue weighted by Crippen LogP contribution is -2.35. The van der Waals surface area contributed by atoms with E-state index in [4.69, 9.17) is 0 Å². The minimum atomic E-state index is 0.696. The van der Waals surface area contributed by atoms with Gasteiger partial charge in [0.1, 0.15) is 0 Å². The van der Waals surface area contributed by atoms with E-state index in [-0.39, 0.29) is 0 Å². The van der Waals surface area contributed by atoms with Crippen molar-refractivity contribution in [2.75, 3.05) is 13.6 Å². The van der Waals surface area contributed by atoms with Crippen molar-refractivity contribution in [2.24, 2.45) is 0 Å². The molecule has 1 aliphatic rings. The Kier molecular flexibility index (Phi) is 3.83. The smallest absolute Gasteiger partial charge is 0.0392 e. The highest BCUT2D eigenvalue weighted by Crippen LogP contribution is 2.08. The van der Waals surface area contributed by atoms with Crippen LogP contribution in [0.15, 0.2) is 0 Å². The highest BCUT2D eigenvalue weighted by Gasteiger charge is 2.18. The van der Waals surface area contributed by atoms with Gasteiger partial charge in [-0.25, -0.2) is 10.4 Å². The summed E-state index contributed by atoms with van der Waals surface area (Å²) in [5.41, 5.74) is 6.20. The molecule has 0 bridgehead atoms. The van der Waals surface area contributed by atoms with Crippen LogP contribution < -0.4 is 11.0 Å². The van der Waals surface area contributed by atoms with E-state index in [0.29, 0.717) is 6.04 Å². The van der Waals surface area contributed by atoms with E-state index >= 15 is 0 Å². The molecule has 66 valence electrons. The van der Waals surface area contributed by atoms with Crippen LogP contribution in [0.25, 0.3) is 0 Å². The van der Waals surface area contributed by atoms with Crippen LogP contribution in [0.5, 0.6) is 0 Å². The minimum absolute atomic E-state index is 0.696. The summed E-state index contributed by atoms with van der Waals surface area (Å²) < 4.78 is 0. The van der Waals surface area contributed by atoms with Gasteiger partial charge in [-0.1, -0.05) is 26.2 Å². The standard InChI is InChI=1S/C8H19N3/c1-3-4-5-6-8-7-9-10-11(8)2/h8-10H,3-7H2,1-2H3. The Hall–Kier alpha value is -0.120. The van der Waals surface area contributed by atoms with E-state index in [1.807, 2.05) is 0 Å². The zero-order valence-corrected chi connectivity index (χ0v) is 7.56. The third-order valence-corrected chi connectivity index (χ3v) is 2.28. The SMILES string of the molecule is CCCCCC1CNNN1C. The lowest BCUT2D eigenvalue weighted by molar-refractivity contribution is 0.216. The van der Waals surface area contributed by atoms with E-state index in [2.05, 4.69) is 29.9 Å². The Labute approximate surface area is 69.1 Å². The van der Waals surface area contributed by atoms with E-state index in [1.54, 1.807) is 0 Å². The molecular weight excluding hydrogens is 138 g/mol. The Morgan fingerprint density at radius 3 is 2.82 bits per heavy atom. The van der Waals surface area contributed by atoms with Crippen molar-refractivity contribution in [3.05, 3.63) is 0 Å². The van der Waals surface area contributed by atoms with Gasteiger partial charge in [0.25, 0.3) is 0 Å². The number of likely N-dealkylation sites (N-methyl/N-ethyl adjacent to an activating group) is 1. The molecule has 1 heterocycles. The second-order valence-electron chi connectivity index (χ2n) is 3.25. The van der Waals surface area contributed by atoms with Crippen LogP contribution in [-0.4, -0.2) is 24.6 Å². The molecule has 0 aliphatic carbocycles. The Balaban J connectivity index is 2.05. The number of nitrogens with one attached hydrogen (secondary N) is 2. The number of unbranched alkanes of at least 4 members (excludes halogenated alkanes) is 2. The first-order valence-corrected chi connectivity index (χ1v) is 4.56. The van der Waals surface area contributed by atoms with Gasteiger partial charge in [0.15, 0.2) is 0 Å². The first-order valence-electron chi connectivity index (χ1n) is 4.56. The fraction of sp³-hybridized carbons (Fsp3) is 1.00. The number of rotatable bonds is 4. The second-order valence-corrected chi connectivity index (χ2v) is 3.25. The average Bonchev–Trinajstić information content (AvgIpc) is 2.37. The molecule has 0 aromatic rings. The van der Waals surface area contributed by atoms with Gasteiger partial charge >= 0.3 is 0 Å². The molecule has 0 amide bonds. The lowest BCUT2D eigenvalue weighted by atomic mass is 10.1. The third-order valence-electron chi connectivity index (χ3n) is 2.28. The Morgan fingerprint density at radius 2 is 2.27 bits per heavy atom. The van der Waals surface area contributed by atoms with Crippen LogP contribution in [0.2, 0.25) is 0 Å². The molecular formula is C8H19N3. The zero-order valence-electron chi connectivity index (χ0n) is 7.56. The van der Waals surface area contributed by atoms with Crippen LogP contribution >= 0.6 is 0 Å². The first kappa shape index (κ1) is 8.97. The molecule has 1 aliphatic heterocycles. The molecule has 0 aromatic heterocycles. The van der Waals surface area contributed by atoms with Crippen molar-refractivity contribution in [3.63, 3.8) is 0 Å². The van der Waals surface area contributed by atoms with Crippen LogP contribution in [-0.2, 0) is 0 Å². The molecule has 3 heteroatoms. The third kappa shape index (κ3) is 2.77. The predicted molar refractivity (Wildman–Crippen MR) is 46.8 cm³/mol. The van der Waals surface area contributed by atoms with Crippen molar-refractivity contribution in [1.82, 2.24) is 16.0 Å². The highest BCUT2D eigenvalue weighted by atomic mass is 15.7. The molecule has 3 nitrogen and oxygen atoms in total. The van der Waals surface area contributed by atoms with Gasteiger partial charge in [0.05, 0.1) is 0 Å². The normalized spacial score (nSPS) is 26.2. The number of hydrogen-bond donors (Lipinski definition) is 2.